The van der Waals surface area contributed by atoms with Crippen LogP contribution in [0.2, 0.25) is 0 Å². The Kier molecular flexibility index (Phi) is 30.9. The third kappa shape index (κ3) is 20.9. The maximum atomic E-state index is 14.5. The van der Waals surface area contributed by atoms with Gasteiger partial charge >= 0.3 is 0 Å². The lowest BCUT2D eigenvalue weighted by Crippen LogP contribution is -2.57. The van der Waals surface area contributed by atoms with Crippen LogP contribution in [0.3, 0.4) is 0 Å². The molecular formula is C49H91N5O3. The van der Waals surface area contributed by atoms with E-state index in [4.69, 9.17) is 4.74 Å². The first-order valence-corrected chi connectivity index (χ1v) is 23.2. The van der Waals surface area contributed by atoms with E-state index in [2.05, 4.69) is 95.7 Å². The summed E-state index contributed by atoms with van der Waals surface area (Å²) in [6.07, 6.45) is 20.4. The van der Waals surface area contributed by atoms with Crippen LogP contribution < -0.4 is 21.3 Å². The van der Waals surface area contributed by atoms with Crippen molar-refractivity contribution in [1.29, 1.82) is 0 Å². The number of allylic oxidation sites excluding steroid dienone is 1. The minimum Gasteiger partial charge on any atom is -0.497 e. The van der Waals surface area contributed by atoms with E-state index >= 15 is 0 Å². The summed E-state index contributed by atoms with van der Waals surface area (Å²) < 4.78 is 5.91. The predicted octanol–water partition coefficient (Wildman–Crippen LogP) is 11.3. The van der Waals surface area contributed by atoms with Gasteiger partial charge in [-0.15, -0.1) is 6.58 Å². The molecule has 0 aromatic carbocycles. The first-order chi connectivity index (χ1) is 27.4. The predicted molar refractivity (Wildman–Crippen MR) is 247 cm³/mol. The van der Waals surface area contributed by atoms with Gasteiger partial charge in [-0.05, 0) is 68.8 Å². The average molecular weight is 798 g/mol. The van der Waals surface area contributed by atoms with Gasteiger partial charge in [0.2, 0.25) is 11.8 Å². The van der Waals surface area contributed by atoms with Crippen LogP contribution in [0.4, 0.5) is 0 Å². The first-order valence-electron chi connectivity index (χ1n) is 23.2. The SMILES string of the molecule is C=CCNC(=C)C(=C)C(CCCC)NC(=O)C1CN(C(=O)C(NC(=C)NC(COC(=C)C)C2CCCCC2)C2CCCCC2)CC[C@@H]1CC.CC.CCC.CCC. The van der Waals surface area contributed by atoms with Crippen molar-refractivity contribution in [2.75, 3.05) is 26.2 Å². The van der Waals surface area contributed by atoms with E-state index in [1.165, 1.54) is 38.5 Å². The summed E-state index contributed by atoms with van der Waals surface area (Å²) in [5.41, 5.74) is 1.52. The summed E-state index contributed by atoms with van der Waals surface area (Å²) in [6, 6.07) is -0.489. The summed E-state index contributed by atoms with van der Waals surface area (Å²) in [5.74, 6) is 2.14. The highest BCUT2D eigenvalue weighted by molar-refractivity contribution is 5.85. The highest BCUT2D eigenvalue weighted by Gasteiger charge is 2.40. The maximum absolute atomic E-state index is 14.5. The van der Waals surface area contributed by atoms with Crippen molar-refractivity contribution < 1.29 is 14.3 Å². The number of unbranched alkanes of at least 4 members (excludes halogenated alkanes) is 1. The Morgan fingerprint density at radius 1 is 0.807 bits per heavy atom. The topological polar surface area (TPSA) is 94.7 Å². The molecule has 2 aliphatic carbocycles. The summed E-state index contributed by atoms with van der Waals surface area (Å²) in [7, 11) is 0. The molecule has 0 aromatic heterocycles. The molecule has 3 fully saturated rings. The molecule has 4 N–H and O–H groups in total. The summed E-state index contributed by atoms with van der Waals surface area (Å²) >= 11 is 0. The fraction of sp³-hybridized carbons (Fsp3) is 0.755. The fourth-order valence-electron chi connectivity index (χ4n) is 8.09. The van der Waals surface area contributed by atoms with Crippen LogP contribution in [-0.2, 0) is 14.3 Å². The standard InChI is InChI=1S/C41H69N5O3.2C3H8.C2H6/c1-9-12-23-37(30(6)31(7)42-25-10-2)45-40(47)36-27-46(26-24-33(36)11-3)41(48)39(35-21-17-14-18-22-35)44-32(8)43-38(28-49-29(4)5)34-19-15-13-16-20-34;2*1-3-2;1-2/h10,33-39,42-44H,2,4,6-9,11-28H2,1,3,5H3,(H,45,47);2*3H2,1-2H3;1-2H3/t33-,36?,37?,38?,39?;;;/m0.../s1. The number of nitrogens with one attached hydrogen (secondary N) is 4. The molecule has 1 heterocycles. The number of carbonyl (C=O) groups is 2. The molecular weight excluding hydrogens is 707 g/mol. The van der Waals surface area contributed by atoms with Crippen molar-refractivity contribution in [3.63, 3.8) is 0 Å². The third-order valence-electron chi connectivity index (χ3n) is 11.2. The molecule has 4 unspecified atom stereocenters. The molecule has 5 atom stereocenters. The van der Waals surface area contributed by atoms with Crippen LogP contribution in [-0.4, -0.2) is 61.1 Å². The maximum Gasteiger partial charge on any atom is 0.245 e. The molecule has 57 heavy (non-hydrogen) atoms. The lowest BCUT2D eigenvalue weighted by atomic mass is 9.80. The molecule has 0 radical (unpaired) electrons. The van der Waals surface area contributed by atoms with Crippen LogP contribution in [0.15, 0.2) is 61.8 Å². The second kappa shape index (κ2) is 32.8. The van der Waals surface area contributed by atoms with Crippen LogP contribution in [0.5, 0.6) is 0 Å². The van der Waals surface area contributed by atoms with Crippen molar-refractivity contribution in [3.8, 4) is 0 Å². The molecule has 2 amide bonds. The van der Waals surface area contributed by atoms with E-state index in [1.807, 2.05) is 25.7 Å². The molecule has 2 saturated carbocycles. The normalized spacial score (nSPS) is 19.8. The third-order valence-corrected chi connectivity index (χ3v) is 11.2. The van der Waals surface area contributed by atoms with Gasteiger partial charge in [0, 0.05) is 25.3 Å². The number of piperidine rings is 1. The van der Waals surface area contributed by atoms with Gasteiger partial charge in [0.15, 0.2) is 0 Å². The van der Waals surface area contributed by atoms with Crippen molar-refractivity contribution in [2.24, 2.45) is 23.7 Å². The number of likely N-dealkylation sites (tertiary alicyclic amines) is 1. The summed E-state index contributed by atoms with van der Waals surface area (Å²) in [5, 5.41) is 13.8. The Bertz CT molecular complexity index is 1150. The first kappa shape index (κ1) is 53.8. The van der Waals surface area contributed by atoms with Crippen molar-refractivity contribution in [1.82, 2.24) is 26.2 Å². The Balaban J connectivity index is 0.00000362. The second-order valence-corrected chi connectivity index (χ2v) is 16.3. The molecule has 8 nitrogen and oxygen atoms in total. The van der Waals surface area contributed by atoms with Crippen LogP contribution >= 0.6 is 0 Å². The van der Waals surface area contributed by atoms with E-state index in [9.17, 15) is 9.59 Å². The number of nitrogens with zero attached hydrogens (tertiary/aromatic N) is 1. The van der Waals surface area contributed by atoms with Gasteiger partial charge in [0.25, 0.3) is 0 Å². The molecule has 0 bridgehead atoms. The van der Waals surface area contributed by atoms with Gasteiger partial charge in [-0.3, -0.25) is 9.59 Å². The van der Waals surface area contributed by atoms with Gasteiger partial charge in [0.1, 0.15) is 12.6 Å². The van der Waals surface area contributed by atoms with Crippen LogP contribution in [0.1, 0.15) is 171 Å². The molecule has 330 valence electrons. The highest BCUT2D eigenvalue weighted by atomic mass is 16.5. The average Bonchev–Trinajstić information content (AvgIpc) is 3.23. The van der Waals surface area contributed by atoms with Gasteiger partial charge in [-0.1, -0.05) is 158 Å². The minimum atomic E-state index is -0.382. The zero-order chi connectivity index (χ0) is 43.2. The van der Waals surface area contributed by atoms with Crippen molar-refractivity contribution in [2.45, 2.75) is 190 Å². The Morgan fingerprint density at radius 2 is 1.37 bits per heavy atom. The molecule has 1 saturated heterocycles. The Hall–Kier alpha value is -3.16. The molecule has 0 aromatic rings. The Morgan fingerprint density at radius 3 is 1.88 bits per heavy atom. The van der Waals surface area contributed by atoms with Crippen LogP contribution in [0, 0.1) is 23.7 Å². The quantitative estimate of drug-likeness (QED) is 0.0525. The second-order valence-electron chi connectivity index (χ2n) is 16.3. The lowest BCUT2D eigenvalue weighted by Gasteiger charge is -2.42. The highest BCUT2D eigenvalue weighted by Crippen LogP contribution is 2.32. The van der Waals surface area contributed by atoms with E-state index in [-0.39, 0.29) is 47.7 Å². The van der Waals surface area contributed by atoms with E-state index in [1.54, 1.807) is 6.08 Å². The molecule has 3 rings (SSSR count). The number of ether oxygens (including phenoxy) is 1. The lowest BCUT2D eigenvalue weighted by molar-refractivity contribution is -0.140. The number of amides is 2. The van der Waals surface area contributed by atoms with Crippen molar-refractivity contribution in [3.05, 3.63) is 61.8 Å². The smallest absolute Gasteiger partial charge is 0.245 e. The van der Waals surface area contributed by atoms with Gasteiger partial charge in [-0.25, -0.2) is 0 Å². The molecule has 0 spiro atoms. The number of rotatable bonds is 21. The molecule has 3 aliphatic rings. The van der Waals surface area contributed by atoms with Gasteiger partial charge in [-0.2, -0.15) is 0 Å². The largest absolute Gasteiger partial charge is 0.497 e. The van der Waals surface area contributed by atoms with E-state index in [0.717, 1.165) is 81.9 Å². The molecule has 8 heteroatoms. The van der Waals surface area contributed by atoms with E-state index in [0.29, 0.717) is 43.7 Å². The zero-order valence-electron chi connectivity index (χ0n) is 38.7. The number of hydrogen-bond acceptors (Lipinski definition) is 6. The van der Waals surface area contributed by atoms with Gasteiger partial charge in [0.05, 0.1) is 29.6 Å². The molecule has 1 aliphatic heterocycles. The van der Waals surface area contributed by atoms with Gasteiger partial charge < -0.3 is 30.9 Å². The Labute approximate surface area is 352 Å². The number of carbonyl (C=O) groups excluding carboxylic acids is 2. The summed E-state index contributed by atoms with van der Waals surface area (Å²) in [4.78, 5) is 30.6. The van der Waals surface area contributed by atoms with Crippen LogP contribution in [0.25, 0.3) is 0 Å². The fourth-order valence-corrected chi connectivity index (χ4v) is 8.09. The van der Waals surface area contributed by atoms with E-state index < -0.39 is 0 Å². The summed E-state index contributed by atoms with van der Waals surface area (Å²) in [6.45, 7) is 41.5. The number of hydrogen-bond donors (Lipinski definition) is 4. The zero-order valence-corrected chi connectivity index (χ0v) is 38.7. The monoisotopic (exact) mass is 798 g/mol. The van der Waals surface area contributed by atoms with Crippen molar-refractivity contribution >= 4 is 11.8 Å². The minimum absolute atomic E-state index is 0.00390.